The van der Waals surface area contributed by atoms with Crippen molar-refractivity contribution in [2.75, 3.05) is 0 Å². The van der Waals surface area contributed by atoms with Gasteiger partial charge in [-0.1, -0.05) is 76.7 Å². The number of allylic oxidation sites excluding steroid dienone is 1. The highest BCUT2D eigenvalue weighted by Crippen LogP contribution is 2.55. The lowest BCUT2D eigenvalue weighted by atomic mass is 9.92. The summed E-state index contributed by atoms with van der Waals surface area (Å²) in [6.45, 7) is 0. The van der Waals surface area contributed by atoms with Gasteiger partial charge in [0, 0.05) is 0 Å². The average molecular weight is 318 g/mol. The minimum Gasteiger partial charge on any atom is -0.0932 e. The van der Waals surface area contributed by atoms with E-state index < -0.39 is 8.67 Å². The van der Waals surface area contributed by atoms with Gasteiger partial charge in [0.05, 0.1) is 0 Å². The lowest BCUT2D eigenvalue weighted by Crippen LogP contribution is -2.34. The number of hydrogen-bond donors (Lipinski definition) is 0. The van der Waals surface area contributed by atoms with Crippen molar-refractivity contribution in [3.63, 3.8) is 0 Å². The van der Waals surface area contributed by atoms with E-state index >= 15 is 0 Å². The topological polar surface area (TPSA) is 0 Å². The molecular weight excluding hydrogens is 310 g/mol. The highest BCUT2D eigenvalue weighted by Gasteiger charge is 2.49. The van der Waals surface area contributed by atoms with Crippen LogP contribution < -0.4 is 0 Å². The Bertz CT molecular complexity index is 656. The van der Waals surface area contributed by atoms with Gasteiger partial charge in [-0.2, -0.15) is 0 Å². The number of benzene rings is 2. The second-order valence-corrected chi connectivity index (χ2v) is 7.03. The third-order valence-corrected chi connectivity index (χ3v) is 5.36. The largest absolute Gasteiger partial charge is 0.180 e. The zero-order chi connectivity index (χ0) is 13.0. The highest BCUT2D eigenvalue weighted by atomic mass is 35.5. The quantitative estimate of drug-likeness (QED) is 0.549. The van der Waals surface area contributed by atoms with Crippen LogP contribution in [0, 0.1) is 0 Å². The summed E-state index contributed by atoms with van der Waals surface area (Å²) in [7, 11) is 0. The summed E-state index contributed by atoms with van der Waals surface area (Å²) in [6.07, 6.45) is 3.47. The van der Waals surface area contributed by atoms with Crippen LogP contribution in [0.2, 0.25) is 0 Å². The van der Waals surface area contributed by atoms with Crippen molar-refractivity contribution in [3.8, 4) is 0 Å². The molecule has 1 aliphatic carbocycles. The highest BCUT2D eigenvalue weighted by molar-refractivity contribution is 6.63. The Morgan fingerprint density at radius 1 is 0.833 bits per heavy atom. The Morgan fingerprint density at radius 2 is 1.44 bits per heavy atom. The fourth-order valence-electron chi connectivity index (χ4n) is 2.15. The van der Waals surface area contributed by atoms with Crippen molar-refractivity contribution >= 4 is 63.3 Å². The molecule has 0 radical (unpaired) electrons. The Hall–Kier alpha value is -0.400. The van der Waals surface area contributed by atoms with Gasteiger partial charge in [-0.15, -0.1) is 0 Å². The van der Waals surface area contributed by atoms with Gasteiger partial charge < -0.3 is 0 Å². The molecule has 0 N–H and O–H groups in total. The molecule has 2 aromatic carbocycles. The SMILES string of the molecule is ClC1(Cl)C=Cc2cc3ccccc3cc2C1(Cl)Cl. The summed E-state index contributed by atoms with van der Waals surface area (Å²) in [4.78, 5) is 0. The predicted molar refractivity (Wildman–Crippen MR) is 80.8 cm³/mol. The number of fused-ring (bicyclic) bond motifs is 2. The minimum absolute atomic E-state index is 0.733. The van der Waals surface area contributed by atoms with Crippen LogP contribution >= 0.6 is 46.4 Å². The van der Waals surface area contributed by atoms with Crippen LogP contribution in [-0.2, 0) is 4.33 Å². The van der Waals surface area contributed by atoms with E-state index in [1.165, 1.54) is 0 Å². The molecule has 2 aromatic rings. The van der Waals surface area contributed by atoms with E-state index in [1.807, 2.05) is 42.5 Å². The molecule has 0 amide bonds. The molecule has 18 heavy (non-hydrogen) atoms. The lowest BCUT2D eigenvalue weighted by Gasteiger charge is -2.35. The predicted octanol–water partition coefficient (Wildman–Crippen LogP) is 5.67. The van der Waals surface area contributed by atoms with E-state index in [0.29, 0.717) is 0 Å². The van der Waals surface area contributed by atoms with E-state index in [1.54, 1.807) is 6.08 Å². The molecule has 4 heteroatoms. The molecule has 0 aliphatic heterocycles. The Labute approximate surface area is 125 Å². The standard InChI is InChI=1S/C14H8Cl4/c15-13(16)6-5-11-7-9-3-1-2-4-10(9)8-12(11)14(13,17)18/h1-8H. The van der Waals surface area contributed by atoms with Gasteiger partial charge in [-0.05, 0) is 40.1 Å². The third-order valence-electron chi connectivity index (χ3n) is 3.15. The van der Waals surface area contributed by atoms with Gasteiger partial charge in [-0.25, -0.2) is 0 Å². The van der Waals surface area contributed by atoms with Gasteiger partial charge in [0.15, 0.2) is 8.67 Å². The van der Waals surface area contributed by atoms with Gasteiger partial charge in [0.25, 0.3) is 0 Å². The van der Waals surface area contributed by atoms with E-state index in [2.05, 4.69) is 0 Å². The van der Waals surface area contributed by atoms with Crippen molar-refractivity contribution in [1.29, 1.82) is 0 Å². The van der Waals surface area contributed by atoms with Gasteiger partial charge in [0.2, 0.25) is 0 Å². The first-order chi connectivity index (χ1) is 8.42. The van der Waals surface area contributed by atoms with Gasteiger partial charge in [-0.3, -0.25) is 0 Å². The maximum atomic E-state index is 6.34. The molecule has 1 aliphatic rings. The molecule has 0 saturated heterocycles. The van der Waals surface area contributed by atoms with Crippen LogP contribution in [0.4, 0.5) is 0 Å². The number of halogens is 4. The molecule has 0 nitrogen and oxygen atoms in total. The molecule has 0 atom stereocenters. The smallest absolute Gasteiger partial charge is 0.0932 e. The van der Waals surface area contributed by atoms with Crippen molar-refractivity contribution in [3.05, 3.63) is 53.6 Å². The molecule has 0 spiro atoms. The molecule has 92 valence electrons. The number of alkyl halides is 4. The summed E-state index contributed by atoms with van der Waals surface area (Å²) in [6, 6.07) is 12.0. The second kappa shape index (κ2) is 4.05. The van der Waals surface area contributed by atoms with Crippen molar-refractivity contribution in [2.45, 2.75) is 8.67 Å². The van der Waals surface area contributed by atoms with Crippen molar-refractivity contribution in [2.24, 2.45) is 0 Å². The number of hydrogen-bond acceptors (Lipinski definition) is 0. The third kappa shape index (κ3) is 1.75. The van der Waals surface area contributed by atoms with Gasteiger partial charge >= 0.3 is 0 Å². The monoisotopic (exact) mass is 316 g/mol. The van der Waals surface area contributed by atoms with Crippen molar-refractivity contribution < 1.29 is 0 Å². The first kappa shape index (κ1) is 12.6. The zero-order valence-electron chi connectivity index (χ0n) is 9.13. The maximum Gasteiger partial charge on any atom is 0.180 e. The normalized spacial score (nSPS) is 19.8. The molecule has 0 fully saturated rings. The Morgan fingerprint density at radius 3 is 2.11 bits per heavy atom. The summed E-state index contributed by atoms with van der Waals surface area (Å²) in [5.74, 6) is 0. The summed E-state index contributed by atoms with van der Waals surface area (Å²) >= 11 is 25.0. The second-order valence-electron chi connectivity index (χ2n) is 4.32. The summed E-state index contributed by atoms with van der Waals surface area (Å²) < 4.78 is -2.68. The first-order valence-electron chi connectivity index (χ1n) is 5.40. The van der Waals surface area contributed by atoms with Crippen LogP contribution in [0.15, 0.2) is 42.5 Å². The molecular formula is C14H8Cl4. The lowest BCUT2D eigenvalue weighted by molar-refractivity contribution is 0.803. The van der Waals surface area contributed by atoms with Crippen LogP contribution in [0.1, 0.15) is 11.1 Å². The molecule has 0 unspecified atom stereocenters. The Kier molecular flexibility index (Phi) is 2.84. The van der Waals surface area contributed by atoms with E-state index in [4.69, 9.17) is 46.4 Å². The van der Waals surface area contributed by atoms with E-state index in [-0.39, 0.29) is 0 Å². The zero-order valence-corrected chi connectivity index (χ0v) is 12.2. The summed E-state index contributed by atoms with van der Waals surface area (Å²) in [5, 5.41) is 2.18. The Balaban J connectivity index is 2.34. The van der Waals surface area contributed by atoms with E-state index in [9.17, 15) is 0 Å². The molecule has 0 saturated carbocycles. The van der Waals surface area contributed by atoms with Crippen LogP contribution in [0.5, 0.6) is 0 Å². The van der Waals surface area contributed by atoms with E-state index in [0.717, 1.165) is 21.9 Å². The molecule has 0 heterocycles. The van der Waals surface area contributed by atoms with Crippen LogP contribution in [0.25, 0.3) is 16.8 Å². The van der Waals surface area contributed by atoms with Crippen LogP contribution in [0.3, 0.4) is 0 Å². The van der Waals surface area contributed by atoms with Gasteiger partial charge in [0.1, 0.15) is 0 Å². The summed E-state index contributed by atoms with van der Waals surface area (Å²) in [5.41, 5.74) is 1.67. The molecule has 0 aromatic heterocycles. The number of rotatable bonds is 0. The fourth-order valence-corrected chi connectivity index (χ4v) is 2.93. The van der Waals surface area contributed by atoms with Crippen molar-refractivity contribution in [1.82, 2.24) is 0 Å². The molecule has 3 rings (SSSR count). The maximum absolute atomic E-state index is 6.34. The van der Waals surface area contributed by atoms with Crippen LogP contribution in [-0.4, -0.2) is 4.33 Å². The fraction of sp³-hybridized carbons (Fsp3) is 0.143. The molecule has 0 bridgehead atoms. The average Bonchev–Trinajstić information content (AvgIpc) is 2.33. The minimum atomic E-state index is -1.36. The first-order valence-corrected chi connectivity index (χ1v) is 6.91.